The van der Waals surface area contributed by atoms with Crippen molar-refractivity contribution in [1.29, 1.82) is 0 Å². The number of hydrogen-bond donors (Lipinski definition) is 2. The number of hydrogen-bond acceptors (Lipinski definition) is 3. The van der Waals surface area contributed by atoms with Crippen LogP contribution in [0.1, 0.15) is 53.3 Å². The highest BCUT2D eigenvalue weighted by molar-refractivity contribution is 6.06. The van der Waals surface area contributed by atoms with Crippen LogP contribution in [0.2, 0.25) is 0 Å². The summed E-state index contributed by atoms with van der Waals surface area (Å²) in [6, 6.07) is 15.1. The first kappa shape index (κ1) is 18.5. The highest BCUT2D eigenvalue weighted by atomic mass is 16.2. The third-order valence-corrected chi connectivity index (χ3v) is 5.57. The molecule has 2 amide bonds. The minimum Gasteiger partial charge on any atom is -0.371 e. The van der Waals surface area contributed by atoms with Gasteiger partial charge in [0.2, 0.25) is 0 Å². The Kier molecular flexibility index (Phi) is 5.33. The molecule has 1 aliphatic heterocycles. The SMILES string of the molecule is CC1CCN(c2ccc(NC(=O)c3ccccc3)cc2C(=O)NC2CC2)CC1. The van der Waals surface area contributed by atoms with Crippen LogP contribution in [0.15, 0.2) is 48.5 Å². The van der Waals surface area contributed by atoms with Crippen molar-refractivity contribution in [3.63, 3.8) is 0 Å². The maximum absolute atomic E-state index is 12.9. The lowest BCUT2D eigenvalue weighted by molar-refractivity contribution is 0.0950. The van der Waals surface area contributed by atoms with Crippen LogP contribution >= 0.6 is 0 Å². The van der Waals surface area contributed by atoms with Crippen molar-refractivity contribution in [3.8, 4) is 0 Å². The van der Waals surface area contributed by atoms with E-state index < -0.39 is 0 Å². The summed E-state index contributed by atoms with van der Waals surface area (Å²) in [4.78, 5) is 27.7. The number of rotatable bonds is 5. The van der Waals surface area contributed by atoms with E-state index >= 15 is 0 Å². The maximum atomic E-state index is 12.9. The molecule has 28 heavy (non-hydrogen) atoms. The Morgan fingerprint density at radius 1 is 0.929 bits per heavy atom. The van der Waals surface area contributed by atoms with Crippen molar-refractivity contribution in [2.45, 2.75) is 38.6 Å². The molecule has 2 N–H and O–H groups in total. The molecule has 146 valence electrons. The summed E-state index contributed by atoms with van der Waals surface area (Å²) in [7, 11) is 0. The van der Waals surface area contributed by atoms with Gasteiger partial charge in [0.05, 0.1) is 5.56 Å². The lowest BCUT2D eigenvalue weighted by Crippen LogP contribution is -2.35. The largest absolute Gasteiger partial charge is 0.371 e. The zero-order chi connectivity index (χ0) is 19.5. The highest BCUT2D eigenvalue weighted by Gasteiger charge is 2.27. The fourth-order valence-corrected chi connectivity index (χ4v) is 3.60. The molecule has 0 bridgehead atoms. The number of nitrogens with zero attached hydrogens (tertiary/aromatic N) is 1. The molecule has 0 unspecified atom stereocenters. The van der Waals surface area contributed by atoms with E-state index in [1.165, 1.54) is 0 Å². The van der Waals surface area contributed by atoms with Crippen LogP contribution in [0.4, 0.5) is 11.4 Å². The third kappa shape index (κ3) is 4.35. The van der Waals surface area contributed by atoms with Crippen LogP contribution in [0.5, 0.6) is 0 Å². The van der Waals surface area contributed by atoms with Gasteiger partial charge >= 0.3 is 0 Å². The Morgan fingerprint density at radius 2 is 1.64 bits per heavy atom. The summed E-state index contributed by atoms with van der Waals surface area (Å²) >= 11 is 0. The topological polar surface area (TPSA) is 61.4 Å². The van der Waals surface area contributed by atoms with Crippen LogP contribution in [0.3, 0.4) is 0 Å². The Morgan fingerprint density at radius 3 is 2.32 bits per heavy atom. The van der Waals surface area contributed by atoms with Gasteiger partial charge in [-0.3, -0.25) is 9.59 Å². The van der Waals surface area contributed by atoms with E-state index in [-0.39, 0.29) is 11.8 Å². The summed E-state index contributed by atoms with van der Waals surface area (Å²) in [5.74, 6) is 0.505. The first-order valence-corrected chi connectivity index (χ1v) is 10.2. The Balaban J connectivity index is 1.58. The molecular formula is C23H27N3O2. The molecule has 0 radical (unpaired) electrons. The number of carbonyl (C=O) groups excluding carboxylic acids is 2. The number of anilines is 2. The van der Waals surface area contributed by atoms with E-state index in [9.17, 15) is 9.59 Å². The summed E-state index contributed by atoms with van der Waals surface area (Å²) < 4.78 is 0. The Hall–Kier alpha value is -2.82. The van der Waals surface area contributed by atoms with Crippen molar-refractivity contribution in [2.75, 3.05) is 23.3 Å². The molecule has 2 aromatic carbocycles. The van der Waals surface area contributed by atoms with E-state index in [4.69, 9.17) is 0 Å². The van der Waals surface area contributed by atoms with E-state index in [1.54, 1.807) is 12.1 Å². The first-order valence-electron chi connectivity index (χ1n) is 10.2. The molecule has 2 fully saturated rings. The predicted octanol–water partition coefficient (Wildman–Crippen LogP) is 4.07. The second-order valence-electron chi connectivity index (χ2n) is 7.97. The van der Waals surface area contributed by atoms with Gasteiger partial charge in [-0.1, -0.05) is 25.1 Å². The molecule has 1 saturated heterocycles. The van der Waals surface area contributed by atoms with Gasteiger partial charge in [0.1, 0.15) is 0 Å². The van der Waals surface area contributed by atoms with E-state index in [2.05, 4.69) is 22.5 Å². The molecule has 1 saturated carbocycles. The minimum atomic E-state index is -0.173. The van der Waals surface area contributed by atoms with E-state index in [0.717, 1.165) is 50.4 Å². The van der Waals surface area contributed by atoms with Crippen molar-refractivity contribution < 1.29 is 9.59 Å². The zero-order valence-corrected chi connectivity index (χ0v) is 16.3. The summed E-state index contributed by atoms with van der Waals surface area (Å²) in [6.07, 6.45) is 4.37. The van der Waals surface area contributed by atoms with E-state index in [1.807, 2.05) is 36.4 Å². The van der Waals surface area contributed by atoms with Crippen LogP contribution in [0, 0.1) is 5.92 Å². The quantitative estimate of drug-likeness (QED) is 0.826. The molecule has 1 heterocycles. The minimum absolute atomic E-state index is 0.0491. The van der Waals surface area contributed by atoms with Crippen molar-refractivity contribution in [3.05, 3.63) is 59.7 Å². The van der Waals surface area contributed by atoms with Gasteiger partial charge in [0.25, 0.3) is 11.8 Å². The number of carbonyl (C=O) groups is 2. The molecule has 2 aromatic rings. The molecule has 0 spiro atoms. The zero-order valence-electron chi connectivity index (χ0n) is 16.3. The fraction of sp³-hybridized carbons (Fsp3) is 0.391. The average molecular weight is 377 g/mol. The summed E-state index contributed by atoms with van der Waals surface area (Å²) in [5, 5.41) is 6.01. The lowest BCUT2D eigenvalue weighted by Gasteiger charge is -2.33. The average Bonchev–Trinajstić information content (AvgIpc) is 3.53. The van der Waals surface area contributed by atoms with Gasteiger partial charge in [-0.15, -0.1) is 0 Å². The van der Waals surface area contributed by atoms with Gasteiger partial charge < -0.3 is 15.5 Å². The van der Waals surface area contributed by atoms with Crippen LogP contribution < -0.4 is 15.5 Å². The van der Waals surface area contributed by atoms with Crippen molar-refractivity contribution >= 4 is 23.2 Å². The molecule has 4 rings (SSSR count). The molecular weight excluding hydrogens is 350 g/mol. The molecule has 0 atom stereocenters. The second-order valence-corrected chi connectivity index (χ2v) is 7.97. The van der Waals surface area contributed by atoms with Crippen LogP contribution in [-0.2, 0) is 0 Å². The number of piperidine rings is 1. The van der Waals surface area contributed by atoms with Crippen molar-refractivity contribution in [2.24, 2.45) is 5.92 Å². The van der Waals surface area contributed by atoms with Gasteiger partial charge in [-0.05, 0) is 61.9 Å². The summed E-state index contributed by atoms with van der Waals surface area (Å²) in [6.45, 7) is 4.20. The van der Waals surface area contributed by atoms with Gasteiger partial charge in [-0.2, -0.15) is 0 Å². The molecule has 2 aliphatic rings. The van der Waals surface area contributed by atoms with Crippen molar-refractivity contribution in [1.82, 2.24) is 5.32 Å². The number of benzene rings is 2. The van der Waals surface area contributed by atoms with Gasteiger partial charge in [0, 0.05) is 36.1 Å². The smallest absolute Gasteiger partial charge is 0.255 e. The van der Waals surface area contributed by atoms with Gasteiger partial charge in [-0.25, -0.2) is 0 Å². The Labute approximate surface area is 166 Å². The fourth-order valence-electron chi connectivity index (χ4n) is 3.60. The third-order valence-electron chi connectivity index (χ3n) is 5.57. The predicted molar refractivity (Wildman–Crippen MR) is 112 cm³/mol. The van der Waals surface area contributed by atoms with E-state index in [0.29, 0.717) is 22.9 Å². The summed E-state index contributed by atoms with van der Waals surface area (Å²) in [5.41, 5.74) is 2.85. The standard InChI is InChI=1S/C23H27N3O2/c1-16-11-13-26(14-12-16)21-10-9-19(15-20(21)23(28)24-18-7-8-18)25-22(27)17-5-3-2-4-6-17/h2-6,9-10,15-16,18H,7-8,11-14H2,1H3,(H,24,28)(H,25,27). The Bertz CT molecular complexity index is 853. The monoisotopic (exact) mass is 377 g/mol. The highest BCUT2D eigenvalue weighted by Crippen LogP contribution is 2.30. The van der Waals surface area contributed by atoms with Gasteiger partial charge in [0.15, 0.2) is 0 Å². The maximum Gasteiger partial charge on any atom is 0.255 e. The molecule has 0 aromatic heterocycles. The lowest BCUT2D eigenvalue weighted by atomic mass is 9.97. The second kappa shape index (κ2) is 8.05. The van der Waals surface area contributed by atoms with Crippen LogP contribution in [0.25, 0.3) is 0 Å². The molecule has 1 aliphatic carbocycles. The number of amides is 2. The van der Waals surface area contributed by atoms with Crippen LogP contribution in [-0.4, -0.2) is 30.9 Å². The normalized spacial score (nSPS) is 17.2. The first-order chi connectivity index (χ1) is 13.6. The number of nitrogens with one attached hydrogen (secondary N) is 2. The molecule has 5 nitrogen and oxygen atoms in total. The molecule has 5 heteroatoms.